The van der Waals surface area contributed by atoms with Crippen molar-refractivity contribution in [2.75, 3.05) is 24.6 Å². The minimum absolute atomic E-state index is 0.0286. The molecule has 4 N–H and O–H groups in total. The van der Waals surface area contributed by atoms with Crippen LogP contribution in [0.25, 0.3) is 10.2 Å². The van der Waals surface area contributed by atoms with Crippen molar-refractivity contribution in [3.05, 3.63) is 40.5 Å². The van der Waals surface area contributed by atoms with Crippen LogP contribution in [-0.4, -0.2) is 40.6 Å². The van der Waals surface area contributed by atoms with Crippen LogP contribution >= 0.6 is 11.3 Å². The normalized spacial score (nSPS) is 15.7. The van der Waals surface area contributed by atoms with Crippen LogP contribution in [0.4, 0.5) is 17.2 Å². The van der Waals surface area contributed by atoms with E-state index in [2.05, 4.69) is 29.1 Å². The lowest BCUT2D eigenvalue weighted by molar-refractivity contribution is -0.135. The molecule has 3 aromatic rings. The summed E-state index contributed by atoms with van der Waals surface area (Å²) in [6.07, 6.45) is 5.26. The van der Waals surface area contributed by atoms with Crippen molar-refractivity contribution in [3.63, 3.8) is 0 Å². The van der Waals surface area contributed by atoms with Crippen LogP contribution < -0.4 is 11.1 Å². The molecule has 1 unspecified atom stereocenters. The number of fused-ring (bicyclic) bond motifs is 3. The maximum atomic E-state index is 12.9. The number of carbonyl (C=O) groups is 1. The van der Waals surface area contributed by atoms with Gasteiger partial charge in [-0.3, -0.25) is 4.79 Å². The molecule has 0 saturated carbocycles. The third-order valence-electron chi connectivity index (χ3n) is 5.71. The minimum atomic E-state index is 0.0286. The van der Waals surface area contributed by atoms with Gasteiger partial charge in [0, 0.05) is 47.5 Å². The summed E-state index contributed by atoms with van der Waals surface area (Å²) in [6, 6.07) is 5.51. The lowest BCUT2D eigenvalue weighted by Gasteiger charge is -2.27. The zero-order valence-electron chi connectivity index (χ0n) is 18.1. The van der Waals surface area contributed by atoms with Crippen LogP contribution in [0, 0.1) is 17.2 Å². The molecule has 1 aliphatic carbocycles. The molecule has 1 aromatic carbocycles. The van der Waals surface area contributed by atoms with Crippen LogP contribution in [-0.2, 0) is 17.6 Å². The molecule has 1 atom stereocenters. The number of nitrogen functional groups attached to an aromatic ring is 1. The van der Waals surface area contributed by atoms with Gasteiger partial charge < -0.3 is 21.4 Å². The van der Waals surface area contributed by atoms with Gasteiger partial charge in [0.05, 0.1) is 5.39 Å². The van der Waals surface area contributed by atoms with E-state index in [1.54, 1.807) is 23.7 Å². The van der Waals surface area contributed by atoms with E-state index in [1.165, 1.54) is 16.7 Å². The molecule has 4 rings (SSSR count). The van der Waals surface area contributed by atoms with Crippen molar-refractivity contribution in [1.29, 1.82) is 5.41 Å². The summed E-state index contributed by atoms with van der Waals surface area (Å²) >= 11 is 1.66. The van der Waals surface area contributed by atoms with Gasteiger partial charge in [-0.2, -0.15) is 0 Å². The topological polar surface area (TPSA) is 108 Å². The Morgan fingerprint density at radius 2 is 2.23 bits per heavy atom. The quantitative estimate of drug-likeness (QED) is 0.396. The Balaban J connectivity index is 1.62. The van der Waals surface area contributed by atoms with Gasteiger partial charge in [0.2, 0.25) is 5.91 Å². The predicted molar refractivity (Wildman–Crippen MR) is 127 cm³/mol. The van der Waals surface area contributed by atoms with Crippen LogP contribution in [0.3, 0.4) is 0 Å². The van der Waals surface area contributed by atoms with Gasteiger partial charge in [0.25, 0.3) is 0 Å². The molecule has 31 heavy (non-hydrogen) atoms. The molecular weight excluding hydrogens is 408 g/mol. The number of aryl methyl sites for hydroxylation is 1. The number of rotatable bonds is 6. The summed E-state index contributed by atoms with van der Waals surface area (Å²) in [5, 5.41) is 11.9. The van der Waals surface area contributed by atoms with Crippen molar-refractivity contribution < 1.29 is 4.79 Å². The van der Waals surface area contributed by atoms with E-state index >= 15 is 0 Å². The smallest absolute Gasteiger partial charge is 0.225 e. The molecular formula is C23H28N6OS. The van der Waals surface area contributed by atoms with Gasteiger partial charge in [0.15, 0.2) is 0 Å². The third kappa shape index (κ3) is 4.25. The summed E-state index contributed by atoms with van der Waals surface area (Å²) < 4.78 is 0. The molecule has 0 bridgehead atoms. The Labute approximate surface area is 186 Å². The number of amides is 1. The highest BCUT2D eigenvalue weighted by Crippen LogP contribution is 2.40. The maximum absolute atomic E-state index is 12.9. The highest BCUT2D eigenvalue weighted by Gasteiger charge is 2.30. The first-order valence-electron chi connectivity index (χ1n) is 10.5. The highest BCUT2D eigenvalue weighted by atomic mass is 32.1. The van der Waals surface area contributed by atoms with Crippen molar-refractivity contribution in [2.45, 2.75) is 33.1 Å². The predicted octanol–water partition coefficient (Wildman–Crippen LogP) is 4.23. The lowest BCUT2D eigenvalue weighted by Crippen LogP contribution is -2.37. The number of anilines is 3. The molecule has 8 heteroatoms. The summed E-state index contributed by atoms with van der Waals surface area (Å²) in [7, 11) is 1.91. The highest BCUT2D eigenvalue weighted by molar-refractivity contribution is 7.19. The van der Waals surface area contributed by atoms with E-state index in [1.807, 2.05) is 24.1 Å². The molecule has 7 nitrogen and oxygen atoms in total. The Morgan fingerprint density at radius 3 is 2.97 bits per heavy atom. The van der Waals surface area contributed by atoms with E-state index in [0.29, 0.717) is 17.2 Å². The van der Waals surface area contributed by atoms with Crippen LogP contribution in [0.15, 0.2) is 24.5 Å². The Bertz CT molecular complexity index is 1140. The number of carbonyl (C=O) groups excluding carboxylic acids is 1. The zero-order valence-corrected chi connectivity index (χ0v) is 18.9. The van der Waals surface area contributed by atoms with Gasteiger partial charge in [-0.1, -0.05) is 13.8 Å². The number of thiophene rings is 1. The first-order valence-corrected chi connectivity index (χ1v) is 11.4. The molecule has 1 amide bonds. The Kier molecular flexibility index (Phi) is 5.91. The van der Waals surface area contributed by atoms with Gasteiger partial charge in [-0.15, -0.1) is 11.3 Å². The van der Waals surface area contributed by atoms with Crippen molar-refractivity contribution in [2.24, 2.45) is 11.8 Å². The Morgan fingerprint density at radius 1 is 1.42 bits per heavy atom. The number of nitrogens with two attached hydrogens (primary N) is 1. The average molecular weight is 437 g/mol. The average Bonchev–Trinajstić information content (AvgIpc) is 3.12. The minimum Gasteiger partial charge on any atom is -0.398 e. The first-order chi connectivity index (χ1) is 14.9. The summed E-state index contributed by atoms with van der Waals surface area (Å²) in [5.41, 5.74) is 9.22. The number of nitrogens with zero attached hydrogens (tertiary/aromatic N) is 3. The second-order valence-electron chi connectivity index (χ2n) is 8.57. The molecule has 2 heterocycles. The second-order valence-corrected chi connectivity index (χ2v) is 9.66. The van der Waals surface area contributed by atoms with Crippen molar-refractivity contribution >= 4 is 50.9 Å². The number of benzene rings is 1. The fraction of sp³-hybridized carbons (Fsp3) is 0.391. The molecule has 0 saturated heterocycles. The van der Waals surface area contributed by atoms with Crippen molar-refractivity contribution in [3.8, 4) is 0 Å². The molecule has 0 spiro atoms. The largest absolute Gasteiger partial charge is 0.398 e. The summed E-state index contributed by atoms with van der Waals surface area (Å²) in [4.78, 5) is 26.0. The maximum Gasteiger partial charge on any atom is 0.225 e. The Hall–Kier alpha value is -3.00. The second kappa shape index (κ2) is 8.63. The van der Waals surface area contributed by atoms with Crippen molar-refractivity contribution in [1.82, 2.24) is 14.9 Å². The van der Waals surface area contributed by atoms with E-state index in [9.17, 15) is 4.79 Å². The third-order valence-corrected chi connectivity index (χ3v) is 6.88. The van der Waals surface area contributed by atoms with Crippen LogP contribution in [0.1, 0.15) is 36.3 Å². The number of nitrogens with one attached hydrogen (secondary N) is 2. The number of hydrogen-bond donors (Lipinski definition) is 3. The van der Waals surface area contributed by atoms with Gasteiger partial charge in [0.1, 0.15) is 17.0 Å². The number of hydrogen-bond acceptors (Lipinski definition) is 7. The van der Waals surface area contributed by atoms with Gasteiger partial charge in [-0.05, 0) is 48.9 Å². The lowest BCUT2D eigenvalue weighted by atomic mass is 9.87. The SMILES string of the molecule is CC(C)CN(C)C(=O)C1CCc2c(sc3ncnc(Nc4ccc(N)c(C=N)c4)c23)C1. The molecule has 162 valence electrons. The van der Waals surface area contributed by atoms with Gasteiger partial charge >= 0.3 is 0 Å². The standard InChI is InChI=1S/C23H28N6OS/c1-13(2)11-29(3)23(30)14-4-6-17-19(9-14)31-22-20(17)21(26-12-27-22)28-16-5-7-18(25)15(8-16)10-24/h5,7-8,10,12-14,24H,4,6,9,11,25H2,1-3H3,(H,26,27,28). The monoisotopic (exact) mass is 436 g/mol. The summed E-state index contributed by atoms with van der Waals surface area (Å²) in [5.74, 6) is 1.48. The van der Waals surface area contributed by atoms with Crippen LogP contribution in [0.5, 0.6) is 0 Å². The molecule has 2 aromatic heterocycles. The fourth-order valence-corrected chi connectivity index (χ4v) is 5.55. The molecule has 0 radical (unpaired) electrons. The molecule has 1 aliphatic rings. The van der Waals surface area contributed by atoms with E-state index in [0.717, 1.165) is 47.5 Å². The first kappa shape index (κ1) is 21.2. The fourth-order valence-electron chi connectivity index (χ4n) is 4.28. The van der Waals surface area contributed by atoms with E-state index < -0.39 is 0 Å². The van der Waals surface area contributed by atoms with Gasteiger partial charge in [-0.25, -0.2) is 9.97 Å². The van der Waals surface area contributed by atoms with E-state index in [-0.39, 0.29) is 11.8 Å². The zero-order chi connectivity index (χ0) is 22.1. The van der Waals surface area contributed by atoms with Crippen LogP contribution in [0.2, 0.25) is 0 Å². The number of aromatic nitrogens is 2. The molecule has 0 fully saturated rings. The molecule has 0 aliphatic heterocycles. The van der Waals surface area contributed by atoms with E-state index in [4.69, 9.17) is 11.1 Å². The summed E-state index contributed by atoms with van der Waals surface area (Å²) in [6.45, 7) is 5.05.